The number of Topliss-reactive ketones (excluding diaryl/α,β-unsaturated/α-hetero) is 1. The highest BCUT2D eigenvalue weighted by Crippen LogP contribution is 2.15. The number of rotatable bonds is 7. The molecular weight excluding hydrogens is 318 g/mol. The van der Waals surface area contributed by atoms with E-state index in [1.165, 1.54) is 18.9 Å². The van der Waals surface area contributed by atoms with Gasteiger partial charge >= 0.3 is 0 Å². The molecule has 2 aromatic rings. The van der Waals surface area contributed by atoms with Crippen LogP contribution in [0.1, 0.15) is 21.5 Å². The van der Waals surface area contributed by atoms with E-state index in [0.717, 1.165) is 11.3 Å². The Kier molecular flexibility index (Phi) is 6.28. The third-order valence-electron chi connectivity index (χ3n) is 3.68. The molecule has 0 atom stereocenters. The highest BCUT2D eigenvalue weighted by Gasteiger charge is 2.13. The SMILES string of the molecule is CON=CC(=NNc1ccc(C)c(C)c1)C(=O)c1ccc(OC)cc1. The molecule has 0 saturated carbocycles. The lowest BCUT2D eigenvalue weighted by molar-refractivity contribution is 0.106. The molecule has 0 aliphatic rings. The molecule has 1 N–H and O–H groups in total. The number of hydrogen-bond acceptors (Lipinski definition) is 6. The fourth-order valence-electron chi connectivity index (χ4n) is 2.07. The molecule has 0 aliphatic carbocycles. The maximum Gasteiger partial charge on any atom is 0.214 e. The second-order valence-electron chi connectivity index (χ2n) is 5.38. The summed E-state index contributed by atoms with van der Waals surface area (Å²) in [6, 6.07) is 12.6. The summed E-state index contributed by atoms with van der Waals surface area (Å²) in [5.41, 5.74) is 6.60. The van der Waals surface area contributed by atoms with Gasteiger partial charge in [-0.3, -0.25) is 10.2 Å². The third-order valence-corrected chi connectivity index (χ3v) is 3.68. The number of carbonyl (C=O) groups excluding carboxylic acids is 1. The van der Waals surface area contributed by atoms with Crippen LogP contribution in [0.5, 0.6) is 5.75 Å². The highest BCUT2D eigenvalue weighted by atomic mass is 16.6. The number of hydrazone groups is 1. The monoisotopic (exact) mass is 339 g/mol. The standard InChI is InChI=1S/C19H21N3O3/c1-13-5-8-16(11-14(13)2)21-22-18(12-20-25-4)19(23)15-6-9-17(24-3)10-7-15/h5-12,21H,1-4H3. The van der Waals surface area contributed by atoms with Gasteiger partial charge in [0.25, 0.3) is 0 Å². The molecular formula is C19H21N3O3. The minimum absolute atomic E-state index is 0.130. The van der Waals surface area contributed by atoms with E-state index >= 15 is 0 Å². The van der Waals surface area contributed by atoms with Crippen LogP contribution in [-0.4, -0.2) is 31.9 Å². The molecule has 0 aliphatic heterocycles. The molecule has 0 amide bonds. The molecule has 130 valence electrons. The Morgan fingerprint density at radius 1 is 1.04 bits per heavy atom. The molecule has 0 saturated heterocycles. The van der Waals surface area contributed by atoms with Crippen molar-refractivity contribution in [2.75, 3.05) is 19.6 Å². The number of benzene rings is 2. The Hall–Kier alpha value is -3.15. The lowest BCUT2D eigenvalue weighted by Crippen LogP contribution is -2.18. The smallest absolute Gasteiger partial charge is 0.214 e. The molecule has 2 rings (SSSR count). The summed E-state index contributed by atoms with van der Waals surface area (Å²) in [6.07, 6.45) is 1.28. The largest absolute Gasteiger partial charge is 0.497 e. The topological polar surface area (TPSA) is 72.3 Å². The van der Waals surface area contributed by atoms with Crippen LogP contribution >= 0.6 is 0 Å². The van der Waals surface area contributed by atoms with E-state index < -0.39 is 0 Å². The summed E-state index contributed by atoms with van der Waals surface area (Å²) in [5, 5.41) is 7.83. The second-order valence-corrected chi connectivity index (χ2v) is 5.38. The number of oxime groups is 1. The van der Waals surface area contributed by atoms with Crippen LogP contribution in [-0.2, 0) is 4.84 Å². The van der Waals surface area contributed by atoms with Crippen molar-refractivity contribution >= 4 is 23.4 Å². The number of anilines is 1. The predicted octanol–water partition coefficient (Wildman–Crippen LogP) is 3.60. The van der Waals surface area contributed by atoms with Crippen LogP contribution in [0.25, 0.3) is 0 Å². The zero-order valence-corrected chi connectivity index (χ0v) is 14.7. The van der Waals surface area contributed by atoms with Crippen molar-refractivity contribution in [3.63, 3.8) is 0 Å². The van der Waals surface area contributed by atoms with Crippen molar-refractivity contribution in [3.8, 4) is 5.75 Å². The van der Waals surface area contributed by atoms with Crippen molar-refractivity contribution in [2.24, 2.45) is 10.3 Å². The van der Waals surface area contributed by atoms with E-state index in [4.69, 9.17) is 4.74 Å². The zero-order chi connectivity index (χ0) is 18.2. The number of ketones is 1. The van der Waals surface area contributed by atoms with Gasteiger partial charge in [0.05, 0.1) is 19.0 Å². The van der Waals surface area contributed by atoms with Gasteiger partial charge in [-0.15, -0.1) is 0 Å². The summed E-state index contributed by atoms with van der Waals surface area (Å²) in [4.78, 5) is 17.3. The maximum absolute atomic E-state index is 12.6. The van der Waals surface area contributed by atoms with Gasteiger partial charge in [-0.25, -0.2) is 0 Å². The first-order valence-corrected chi connectivity index (χ1v) is 7.71. The number of carbonyl (C=O) groups is 1. The molecule has 0 aromatic heterocycles. The van der Waals surface area contributed by atoms with Gasteiger partial charge < -0.3 is 9.57 Å². The van der Waals surface area contributed by atoms with Crippen molar-refractivity contribution < 1.29 is 14.4 Å². The Morgan fingerprint density at radius 3 is 2.36 bits per heavy atom. The van der Waals surface area contributed by atoms with Gasteiger partial charge in [-0.2, -0.15) is 5.10 Å². The first kappa shape index (κ1) is 18.2. The Morgan fingerprint density at radius 2 is 1.76 bits per heavy atom. The number of hydrogen-bond donors (Lipinski definition) is 1. The van der Waals surface area contributed by atoms with Gasteiger partial charge in [-0.1, -0.05) is 11.2 Å². The van der Waals surface area contributed by atoms with Crippen molar-refractivity contribution in [2.45, 2.75) is 13.8 Å². The van der Waals surface area contributed by atoms with Crippen LogP contribution in [0.3, 0.4) is 0 Å². The van der Waals surface area contributed by atoms with Crippen LogP contribution < -0.4 is 10.2 Å². The van der Waals surface area contributed by atoms with Crippen molar-refractivity contribution in [3.05, 3.63) is 59.2 Å². The average molecular weight is 339 g/mol. The molecule has 6 nitrogen and oxygen atoms in total. The van der Waals surface area contributed by atoms with Crippen LogP contribution in [0.4, 0.5) is 5.69 Å². The molecule has 0 spiro atoms. The van der Waals surface area contributed by atoms with Crippen molar-refractivity contribution in [1.82, 2.24) is 0 Å². The molecule has 0 heterocycles. The van der Waals surface area contributed by atoms with E-state index in [9.17, 15) is 4.79 Å². The maximum atomic E-state index is 12.6. The predicted molar refractivity (Wildman–Crippen MR) is 99.8 cm³/mol. The van der Waals surface area contributed by atoms with E-state index in [2.05, 4.69) is 20.5 Å². The van der Waals surface area contributed by atoms with Gasteiger partial charge in [0.15, 0.2) is 5.71 Å². The first-order valence-electron chi connectivity index (χ1n) is 7.71. The Labute approximate surface area is 147 Å². The Balaban J connectivity index is 2.25. The summed E-state index contributed by atoms with van der Waals surface area (Å²) >= 11 is 0. The summed E-state index contributed by atoms with van der Waals surface area (Å²) in [6.45, 7) is 4.05. The fourth-order valence-corrected chi connectivity index (χ4v) is 2.07. The summed E-state index contributed by atoms with van der Waals surface area (Å²) in [7, 11) is 2.98. The molecule has 2 aromatic carbocycles. The van der Waals surface area contributed by atoms with E-state index in [1.807, 2.05) is 32.0 Å². The lowest BCUT2D eigenvalue weighted by Gasteiger charge is -2.06. The number of aryl methyl sites for hydroxylation is 2. The molecule has 0 unspecified atom stereocenters. The number of methoxy groups -OCH3 is 1. The summed E-state index contributed by atoms with van der Waals surface area (Å²) in [5.74, 6) is 0.397. The summed E-state index contributed by atoms with van der Waals surface area (Å²) < 4.78 is 5.10. The number of ether oxygens (including phenoxy) is 1. The number of nitrogens with one attached hydrogen (secondary N) is 1. The molecule has 0 bridgehead atoms. The van der Waals surface area contributed by atoms with Gasteiger partial charge in [0, 0.05) is 5.56 Å². The number of nitrogens with zero attached hydrogens (tertiary/aromatic N) is 2. The Bertz CT molecular complexity index is 796. The quantitative estimate of drug-likeness (QED) is 0.475. The van der Waals surface area contributed by atoms with Crippen LogP contribution in [0, 0.1) is 13.8 Å². The van der Waals surface area contributed by atoms with Gasteiger partial charge in [0.2, 0.25) is 5.78 Å². The lowest BCUT2D eigenvalue weighted by atomic mass is 10.1. The van der Waals surface area contributed by atoms with Gasteiger partial charge in [0.1, 0.15) is 12.9 Å². The molecule has 0 fully saturated rings. The van der Waals surface area contributed by atoms with Gasteiger partial charge in [-0.05, 0) is 61.4 Å². The van der Waals surface area contributed by atoms with Crippen molar-refractivity contribution in [1.29, 1.82) is 0 Å². The average Bonchev–Trinajstić information content (AvgIpc) is 2.64. The van der Waals surface area contributed by atoms with E-state index in [1.54, 1.807) is 31.4 Å². The highest BCUT2D eigenvalue weighted by molar-refractivity contribution is 6.64. The minimum atomic E-state index is -0.278. The molecule has 25 heavy (non-hydrogen) atoms. The fraction of sp³-hybridized carbons (Fsp3) is 0.211. The minimum Gasteiger partial charge on any atom is -0.497 e. The normalized spacial score (nSPS) is 11.4. The molecule has 0 radical (unpaired) electrons. The van der Waals surface area contributed by atoms with E-state index in [-0.39, 0.29) is 11.5 Å². The van der Waals surface area contributed by atoms with E-state index in [0.29, 0.717) is 11.3 Å². The third kappa shape index (κ3) is 4.91. The first-order chi connectivity index (χ1) is 12.0. The molecule has 6 heteroatoms. The zero-order valence-electron chi connectivity index (χ0n) is 14.7. The van der Waals surface area contributed by atoms with Crippen LogP contribution in [0.2, 0.25) is 0 Å². The second kappa shape index (κ2) is 8.63. The van der Waals surface area contributed by atoms with Crippen LogP contribution in [0.15, 0.2) is 52.7 Å².